The second kappa shape index (κ2) is 7.09. The number of benzene rings is 1. The van der Waals surface area contributed by atoms with E-state index in [9.17, 15) is 19.5 Å². The fourth-order valence-corrected chi connectivity index (χ4v) is 4.15. The summed E-state index contributed by atoms with van der Waals surface area (Å²) in [4.78, 5) is 37.6. The Morgan fingerprint density at radius 2 is 2.11 bits per heavy atom. The Bertz CT molecular complexity index is 779. The Morgan fingerprint density at radius 3 is 2.70 bits per heavy atom. The fraction of sp³-hybridized carbons (Fsp3) is 0.526. The van der Waals surface area contributed by atoms with Gasteiger partial charge in [-0.3, -0.25) is 9.59 Å². The average Bonchev–Trinajstić information content (AvgIpc) is 3.13. The molecule has 0 radical (unpaired) electrons. The van der Waals surface area contributed by atoms with E-state index in [1.54, 1.807) is 17.0 Å². The molecule has 0 aromatic heterocycles. The van der Waals surface area contributed by atoms with Crippen molar-refractivity contribution in [2.45, 2.75) is 39.2 Å². The van der Waals surface area contributed by atoms with Crippen molar-refractivity contribution >= 4 is 23.6 Å². The van der Waals surface area contributed by atoms with Crippen molar-refractivity contribution in [2.75, 3.05) is 18.4 Å². The summed E-state index contributed by atoms with van der Waals surface area (Å²) >= 11 is 0. The van der Waals surface area contributed by atoms with Gasteiger partial charge in [0.05, 0.1) is 17.1 Å². The molecule has 0 spiro atoms. The first kappa shape index (κ1) is 19.0. The second-order valence-electron chi connectivity index (χ2n) is 7.60. The quantitative estimate of drug-likeness (QED) is 0.729. The molecule has 1 saturated heterocycles. The molecule has 2 atom stereocenters. The van der Waals surface area contributed by atoms with Gasteiger partial charge in [-0.05, 0) is 50.8 Å². The number of primary amides is 1. The molecule has 1 aromatic rings. The lowest BCUT2D eigenvalue weighted by molar-refractivity contribution is -0.149. The van der Waals surface area contributed by atoms with Crippen LogP contribution in [0.4, 0.5) is 10.5 Å². The third-order valence-corrected chi connectivity index (χ3v) is 5.44. The molecular formula is C19H25N3O5. The molecule has 1 aliphatic heterocycles. The van der Waals surface area contributed by atoms with Crippen molar-refractivity contribution in [3.8, 4) is 5.75 Å². The summed E-state index contributed by atoms with van der Waals surface area (Å²) in [6, 6.07) is 4.32. The van der Waals surface area contributed by atoms with Crippen LogP contribution in [0.5, 0.6) is 5.75 Å². The predicted molar refractivity (Wildman–Crippen MR) is 98.7 cm³/mol. The van der Waals surface area contributed by atoms with Crippen LogP contribution in [-0.4, -0.2) is 47.1 Å². The van der Waals surface area contributed by atoms with Crippen LogP contribution < -0.4 is 15.8 Å². The Hall–Kier alpha value is -2.77. The molecule has 27 heavy (non-hydrogen) atoms. The average molecular weight is 375 g/mol. The van der Waals surface area contributed by atoms with Gasteiger partial charge in [-0.2, -0.15) is 0 Å². The third-order valence-electron chi connectivity index (χ3n) is 5.44. The van der Waals surface area contributed by atoms with Crippen LogP contribution in [0.3, 0.4) is 0 Å². The molecule has 3 rings (SSSR count). The maximum atomic E-state index is 12.6. The van der Waals surface area contributed by atoms with Crippen LogP contribution in [0.25, 0.3) is 0 Å². The van der Waals surface area contributed by atoms with Crippen LogP contribution >= 0.6 is 0 Å². The zero-order valence-corrected chi connectivity index (χ0v) is 15.5. The standard InChI is InChI=1S/C19H25N3O5/c1-11(2)27-15-6-5-13(8-14(15)16(20)23)21-18(26)22-9-12-4-3-7-19(12,10-22)17(24)25/h5-6,8,11-12H,3-4,7,9-10H2,1-2H3,(H2,20,23)(H,21,26)(H,24,25)/t12-,19+/m0/s1. The first-order valence-electron chi connectivity index (χ1n) is 9.13. The van der Waals surface area contributed by atoms with E-state index in [1.807, 2.05) is 13.8 Å². The third kappa shape index (κ3) is 3.56. The van der Waals surface area contributed by atoms with E-state index < -0.39 is 17.3 Å². The minimum absolute atomic E-state index is 0.0104. The minimum Gasteiger partial charge on any atom is -0.490 e. The number of carboxylic acid groups (broad SMARTS) is 1. The number of carbonyl (C=O) groups excluding carboxylic acids is 2. The van der Waals surface area contributed by atoms with Gasteiger partial charge >= 0.3 is 12.0 Å². The fourth-order valence-electron chi connectivity index (χ4n) is 4.15. The molecule has 2 aliphatic rings. The van der Waals surface area contributed by atoms with Crippen molar-refractivity contribution in [1.82, 2.24) is 4.90 Å². The molecule has 0 bridgehead atoms. The number of rotatable bonds is 5. The molecule has 8 nitrogen and oxygen atoms in total. The van der Waals surface area contributed by atoms with Gasteiger partial charge in [0.2, 0.25) is 0 Å². The van der Waals surface area contributed by atoms with Gasteiger partial charge in [-0.1, -0.05) is 6.42 Å². The summed E-state index contributed by atoms with van der Waals surface area (Å²) in [5.41, 5.74) is 5.18. The number of nitrogens with one attached hydrogen (secondary N) is 1. The van der Waals surface area contributed by atoms with Gasteiger partial charge in [-0.15, -0.1) is 0 Å². The van der Waals surface area contributed by atoms with E-state index in [0.717, 1.165) is 12.8 Å². The smallest absolute Gasteiger partial charge is 0.321 e. The summed E-state index contributed by atoms with van der Waals surface area (Å²) in [6.45, 7) is 4.30. The van der Waals surface area contributed by atoms with Crippen molar-refractivity contribution in [3.05, 3.63) is 23.8 Å². The number of fused-ring (bicyclic) bond motifs is 1. The number of urea groups is 1. The molecule has 1 heterocycles. The van der Waals surface area contributed by atoms with E-state index >= 15 is 0 Å². The zero-order valence-electron chi connectivity index (χ0n) is 15.5. The zero-order chi connectivity index (χ0) is 19.8. The molecule has 4 N–H and O–H groups in total. The normalized spacial score (nSPS) is 24.0. The van der Waals surface area contributed by atoms with E-state index in [4.69, 9.17) is 10.5 Å². The summed E-state index contributed by atoms with van der Waals surface area (Å²) in [5, 5.41) is 12.4. The minimum atomic E-state index is -0.829. The topological polar surface area (TPSA) is 122 Å². The number of hydrogen-bond acceptors (Lipinski definition) is 4. The number of nitrogens with two attached hydrogens (primary N) is 1. The molecule has 3 amide bonds. The lowest BCUT2D eigenvalue weighted by atomic mass is 9.81. The highest BCUT2D eigenvalue weighted by Crippen LogP contribution is 2.48. The number of nitrogens with zero attached hydrogens (tertiary/aromatic N) is 1. The summed E-state index contributed by atoms with van der Waals surface area (Å²) in [6.07, 6.45) is 2.18. The number of carbonyl (C=O) groups is 3. The van der Waals surface area contributed by atoms with E-state index in [-0.39, 0.29) is 30.2 Å². The van der Waals surface area contributed by atoms with Gasteiger partial charge in [0, 0.05) is 18.8 Å². The lowest BCUT2D eigenvalue weighted by Gasteiger charge is -2.23. The highest BCUT2D eigenvalue weighted by molar-refractivity contribution is 5.98. The maximum absolute atomic E-state index is 12.6. The van der Waals surface area contributed by atoms with Crippen molar-refractivity contribution in [3.63, 3.8) is 0 Å². The van der Waals surface area contributed by atoms with E-state index in [1.165, 1.54) is 6.07 Å². The van der Waals surface area contributed by atoms with Gasteiger partial charge < -0.3 is 25.8 Å². The van der Waals surface area contributed by atoms with Gasteiger partial charge in [0.1, 0.15) is 5.75 Å². The summed E-state index contributed by atoms with van der Waals surface area (Å²) in [5.74, 6) is -1.13. The molecule has 2 fully saturated rings. The van der Waals surface area contributed by atoms with Crippen molar-refractivity contribution in [2.24, 2.45) is 17.1 Å². The van der Waals surface area contributed by atoms with Crippen LogP contribution in [0.2, 0.25) is 0 Å². The molecule has 1 saturated carbocycles. The first-order chi connectivity index (χ1) is 12.7. The van der Waals surface area contributed by atoms with Gasteiger partial charge in [-0.25, -0.2) is 4.79 Å². The highest BCUT2D eigenvalue weighted by atomic mass is 16.5. The van der Waals surface area contributed by atoms with Crippen LogP contribution in [0, 0.1) is 11.3 Å². The first-order valence-corrected chi connectivity index (χ1v) is 9.13. The predicted octanol–water partition coefficient (Wildman–Crippen LogP) is 2.29. The van der Waals surface area contributed by atoms with E-state index in [0.29, 0.717) is 24.4 Å². The molecule has 1 aliphatic carbocycles. The second-order valence-corrected chi connectivity index (χ2v) is 7.60. The Balaban J connectivity index is 1.74. The molecule has 1 aromatic carbocycles. The number of aliphatic carboxylic acids is 1. The Kier molecular flexibility index (Phi) is 4.99. The van der Waals surface area contributed by atoms with Crippen molar-refractivity contribution < 1.29 is 24.2 Å². The Morgan fingerprint density at radius 1 is 1.37 bits per heavy atom. The lowest BCUT2D eigenvalue weighted by Crippen LogP contribution is -2.38. The number of amides is 3. The van der Waals surface area contributed by atoms with Crippen LogP contribution in [0.1, 0.15) is 43.5 Å². The number of likely N-dealkylation sites (tertiary alicyclic amines) is 1. The van der Waals surface area contributed by atoms with Crippen molar-refractivity contribution in [1.29, 1.82) is 0 Å². The van der Waals surface area contributed by atoms with Crippen LogP contribution in [-0.2, 0) is 4.79 Å². The Labute approximate surface area is 157 Å². The largest absolute Gasteiger partial charge is 0.490 e. The molecule has 146 valence electrons. The molecular weight excluding hydrogens is 350 g/mol. The SMILES string of the molecule is CC(C)Oc1ccc(NC(=O)N2C[C@@H]3CCC[C@@]3(C(=O)O)C2)cc1C(N)=O. The summed E-state index contributed by atoms with van der Waals surface area (Å²) in [7, 11) is 0. The van der Waals surface area contributed by atoms with Gasteiger partial charge in [0.25, 0.3) is 5.91 Å². The molecule has 0 unspecified atom stereocenters. The van der Waals surface area contributed by atoms with Crippen LogP contribution in [0.15, 0.2) is 18.2 Å². The number of hydrogen-bond donors (Lipinski definition) is 3. The number of carboxylic acids is 1. The maximum Gasteiger partial charge on any atom is 0.321 e. The number of anilines is 1. The number of ether oxygens (including phenoxy) is 1. The monoisotopic (exact) mass is 375 g/mol. The highest BCUT2D eigenvalue weighted by Gasteiger charge is 2.55. The van der Waals surface area contributed by atoms with E-state index in [2.05, 4.69) is 5.32 Å². The summed E-state index contributed by atoms with van der Waals surface area (Å²) < 4.78 is 5.57. The van der Waals surface area contributed by atoms with Gasteiger partial charge in [0.15, 0.2) is 0 Å². The molecule has 8 heteroatoms.